The molecule has 0 aromatic carbocycles. The Morgan fingerprint density at radius 1 is 1.73 bits per heavy atom. The highest BCUT2D eigenvalue weighted by atomic mass is 127. The molecular formula is C10H9IN2OS. The van der Waals surface area contributed by atoms with Gasteiger partial charge in [0.1, 0.15) is 6.04 Å². The van der Waals surface area contributed by atoms with E-state index >= 15 is 0 Å². The van der Waals surface area contributed by atoms with E-state index in [1.54, 1.807) is 16.2 Å². The van der Waals surface area contributed by atoms with Gasteiger partial charge in [0.15, 0.2) is 0 Å². The van der Waals surface area contributed by atoms with Gasteiger partial charge in [0.2, 0.25) is 0 Å². The standard InChI is InChI=1S/C10H9IN2OS/c11-9-4-7(6-15-9)10(14)13-3-1-2-8(13)5-12/h4,6,8H,1-3H2. The number of amides is 1. The van der Waals surface area contributed by atoms with Crippen LogP contribution in [0.4, 0.5) is 0 Å². The van der Waals surface area contributed by atoms with Gasteiger partial charge in [0.05, 0.1) is 14.5 Å². The number of carbonyl (C=O) groups excluding carboxylic acids is 1. The van der Waals surface area contributed by atoms with Crippen LogP contribution in [0.3, 0.4) is 0 Å². The summed E-state index contributed by atoms with van der Waals surface area (Å²) in [6.07, 6.45) is 1.74. The third-order valence-corrected chi connectivity index (χ3v) is 4.27. The van der Waals surface area contributed by atoms with Crippen molar-refractivity contribution in [2.45, 2.75) is 18.9 Å². The number of thiophene rings is 1. The molecule has 0 aliphatic carbocycles. The molecule has 3 nitrogen and oxygen atoms in total. The molecule has 5 heteroatoms. The maximum atomic E-state index is 12.0. The van der Waals surface area contributed by atoms with E-state index in [1.165, 1.54) is 0 Å². The van der Waals surface area contributed by atoms with Crippen molar-refractivity contribution in [3.63, 3.8) is 0 Å². The Kier molecular flexibility index (Phi) is 3.26. The molecule has 1 fully saturated rings. The van der Waals surface area contributed by atoms with Crippen molar-refractivity contribution < 1.29 is 4.79 Å². The predicted octanol–water partition coefficient (Wildman–Crippen LogP) is 2.48. The number of carbonyl (C=O) groups is 1. The Hall–Kier alpha value is -0.610. The zero-order valence-electron chi connectivity index (χ0n) is 7.94. The predicted molar refractivity (Wildman–Crippen MR) is 66.7 cm³/mol. The minimum absolute atomic E-state index is 0.00165. The molecule has 1 aromatic rings. The summed E-state index contributed by atoms with van der Waals surface area (Å²) in [5.41, 5.74) is 0.714. The molecule has 1 aliphatic heterocycles. The monoisotopic (exact) mass is 332 g/mol. The highest BCUT2D eigenvalue weighted by Gasteiger charge is 2.29. The summed E-state index contributed by atoms with van der Waals surface area (Å²) in [6, 6.07) is 3.83. The van der Waals surface area contributed by atoms with E-state index in [-0.39, 0.29) is 11.9 Å². The highest BCUT2D eigenvalue weighted by Crippen LogP contribution is 2.23. The number of hydrogen-bond acceptors (Lipinski definition) is 3. The summed E-state index contributed by atoms with van der Waals surface area (Å²) in [4.78, 5) is 13.7. The maximum Gasteiger partial charge on any atom is 0.255 e. The summed E-state index contributed by atoms with van der Waals surface area (Å²) in [6.45, 7) is 0.712. The van der Waals surface area contributed by atoms with Gasteiger partial charge in [0.25, 0.3) is 5.91 Å². The fourth-order valence-corrected chi connectivity index (χ4v) is 3.05. The molecule has 78 valence electrons. The first-order chi connectivity index (χ1) is 7.22. The smallest absolute Gasteiger partial charge is 0.255 e. The van der Waals surface area contributed by atoms with Crippen LogP contribution in [0.25, 0.3) is 0 Å². The van der Waals surface area contributed by atoms with Gasteiger partial charge in [-0.25, -0.2) is 0 Å². The zero-order chi connectivity index (χ0) is 10.8. The summed E-state index contributed by atoms with van der Waals surface area (Å²) >= 11 is 3.75. The third-order valence-electron chi connectivity index (χ3n) is 2.48. The topological polar surface area (TPSA) is 44.1 Å². The molecule has 0 radical (unpaired) electrons. The largest absolute Gasteiger partial charge is 0.323 e. The molecule has 2 rings (SSSR count). The molecule has 1 amide bonds. The second-order valence-electron chi connectivity index (χ2n) is 3.43. The molecule has 0 spiro atoms. The lowest BCUT2D eigenvalue weighted by Crippen LogP contribution is -2.34. The second-order valence-corrected chi connectivity index (χ2v) is 6.23. The first-order valence-electron chi connectivity index (χ1n) is 4.67. The molecule has 1 aromatic heterocycles. The molecule has 0 bridgehead atoms. The van der Waals surface area contributed by atoms with Crippen molar-refractivity contribution in [1.82, 2.24) is 4.90 Å². The Morgan fingerprint density at radius 2 is 2.53 bits per heavy atom. The highest BCUT2D eigenvalue weighted by molar-refractivity contribution is 14.1. The van der Waals surface area contributed by atoms with Crippen LogP contribution < -0.4 is 0 Å². The van der Waals surface area contributed by atoms with Crippen molar-refractivity contribution in [3.05, 3.63) is 19.9 Å². The fraction of sp³-hybridized carbons (Fsp3) is 0.400. The van der Waals surface area contributed by atoms with E-state index in [0.29, 0.717) is 12.1 Å². The molecule has 1 unspecified atom stereocenters. The minimum atomic E-state index is -0.227. The van der Waals surface area contributed by atoms with Gasteiger partial charge >= 0.3 is 0 Å². The van der Waals surface area contributed by atoms with Crippen molar-refractivity contribution in [2.75, 3.05) is 6.54 Å². The van der Waals surface area contributed by atoms with Crippen LogP contribution in [-0.2, 0) is 0 Å². The van der Waals surface area contributed by atoms with Crippen LogP contribution in [0.2, 0.25) is 0 Å². The van der Waals surface area contributed by atoms with E-state index in [2.05, 4.69) is 28.7 Å². The van der Waals surface area contributed by atoms with E-state index in [4.69, 9.17) is 5.26 Å². The van der Waals surface area contributed by atoms with Crippen LogP contribution >= 0.6 is 33.9 Å². The number of hydrogen-bond donors (Lipinski definition) is 0. The fourth-order valence-electron chi connectivity index (χ4n) is 1.73. The lowest BCUT2D eigenvalue weighted by molar-refractivity contribution is 0.0765. The number of halogens is 1. The van der Waals surface area contributed by atoms with Crippen molar-refractivity contribution >= 4 is 39.8 Å². The Morgan fingerprint density at radius 3 is 3.13 bits per heavy atom. The van der Waals surface area contributed by atoms with Crippen LogP contribution in [0.5, 0.6) is 0 Å². The van der Waals surface area contributed by atoms with Gasteiger partial charge in [-0.3, -0.25) is 4.79 Å². The van der Waals surface area contributed by atoms with Crippen molar-refractivity contribution in [1.29, 1.82) is 5.26 Å². The van der Waals surface area contributed by atoms with Crippen LogP contribution in [0.1, 0.15) is 23.2 Å². The maximum absolute atomic E-state index is 12.0. The summed E-state index contributed by atoms with van der Waals surface area (Å²) < 4.78 is 1.10. The molecule has 1 saturated heterocycles. The van der Waals surface area contributed by atoms with Crippen molar-refractivity contribution in [3.8, 4) is 6.07 Å². The molecule has 1 atom stereocenters. The number of rotatable bonds is 1. The molecular weight excluding hydrogens is 323 g/mol. The molecule has 1 aliphatic rings. The van der Waals surface area contributed by atoms with Crippen LogP contribution in [0, 0.1) is 14.2 Å². The lowest BCUT2D eigenvalue weighted by atomic mass is 10.2. The van der Waals surface area contributed by atoms with Gasteiger partial charge in [-0.2, -0.15) is 5.26 Å². The van der Waals surface area contributed by atoms with Crippen LogP contribution in [-0.4, -0.2) is 23.4 Å². The van der Waals surface area contributed by atoms with Crippen molar-refractivity contribution in [2.24, 2.45) is 0 Å². The average molecular weight is 332 g/mol. The van der Waals surface area contributed by atoms with Gasteiger partial charge in [-0.05, 0) is 41.5 Å². The first-order valence-corrected chi connectivity index (χ1v) is 6.63. The molecule has 2 heterocycles. The summed E-state index contributed by atoms with van der Waals surface area (Å²) in [5.74, 6) is -0.00165. The lowest BCUT2D eigenvalue weighted by Gasteiger charge is -2.18. The van der Waals surface area contributed by atoms with E-state index in [0.717, 1.165) is 15.7 Å². The Bertz CT molecular complexity index is 423. The number of nitrogens with zero attached hydrogens (tertiary/aromatic N) is 2. The zero-order valence-corrected chi connectivity index (χ0v) is 10.9. The first kappa shape index (κ1) is 10.9. The quantitative estimate of drug-likeness (QED) is 0.742. The van der Waals surface area contributed by atoms with Gasteiger partial charge in [0, 0.05) is 11.9 Å². The SMILES string of the molecule is N#CC1CCCN1C(=O)c1csc(I)c1. The molecule has 15 heavy (non-hydrogen) atoms. The summed E-state index contributed by atoms with van der Waals surface area (Å²) in [5, 5.41) is 10.8. The number of likely N-dealkylation sites (tertiary alicyclic amines) is 1. The van der Waals surface area contributed by atoms with E-state index in [1.807, 2.05) is 11.4 Å². The normalized spacial score (nSPS) is 20.3. The van der Waals surface area contributed by atoms with Gasteiger partial charge in [-0.1, -0.05) is 0 Å². The summed E-state index contributed by atoms with van der Waals surface area (Å²) in [7, 11) is 0. The second kappa shape index (κ2) is 4.49. The van der Waals surface area contributed by atoms with Crippen LogP contribution in [0.15, 0.2) is 11.4 Å². The Labute approximate surface area is 106 Å². The van der Waals surface area contributed by atoms with Gasteiger partial charge in [-0.15, -0.1) is 11.3 Å². The Balaban J connectivity index is 2.18. The van der Waals surface area contributed by atoms with E-state index < -0.39 is 0 Å². The average Bonchev–Trinajstić information content (AvgIpc) is 2.84. The molecule has 0 saturated carbocycles. The van der Waals surface area contributed by atoms with E-state index in [9.17, 15) is 4.79 Å². The van der Waals surface area contributed by atoms with Gasteiger partial charge < -0.3 is 4.90 Å². The minimum Gasteiger partial charge on any atom is -0.323 e. The number of nitriles is 1. The molecule has 0 N–H and O–H groups in total. The third kappa shape index (κ3) is 2.16.